The third-order valence-electron chi connectivity index (χ3n) is 3.56. The summed E-state index contributed by atoms with van der Waals surface area (Å²) in [5, 5.41) is 0. The van der Waals surface area contributed by atoms with Gasteiger partial charge >= 0.3 is 0 Å². The van der Waals surface area contributed by atoms with Gasteiger partial charge < -0.3 is 0 Å². The fourth-order valence-electron chi connectivity index (χ4n) is 2.08. The Morgan fingerprint density at radius 1 is 1.27 bits per heavy atom. The largest absolute Gasteiger partial charge is 0.0622 e. The minimum Gasteiger partial charge on any atom is -0.0622 e. The van der Waals surface area contributed by atoms with Crippen LogP contribution >= 0.6 is 0 Å². The Kier molecular flexibility index (Phi) is 2.61. The molecule has 0 aromatic rings. The van der Waals surface area contributed by atoms with Crippen molar-refractivity contribution in [3.63, 3.8) is 0 Å². The van der Waals surface area contributed by atoms with Gasteiger partial charge in [-0.1, -0.05) is 40.5 Å². The number of hydrogen-bond donors (Lipinski definition) is 0. The van der Waals surface area contributed by atoms with E-state index < -0.39 is 0 Å². The molecule has 0 nitrogen and oxygen atoms in total. The van der Waals surface area contributed by atoms with E-state index in [1.165, 1.54) is 19.3 Å². The van der Waals surface area contributed by atoms with Crippen molar-refractivity contribution in [1.29, 1.82) is 0 Å². The van der Waals surface area contributed by atoms with Gasteiger partial charge in [0.2, 0.25) is 0 Å². The fourth-order valence-corrected chi connectivity index (χ4v) is 2.08. The molecule has 0 N–H and O–H groups in total. The summed E-state index contributed by atoms with van der Waals surface area (Å²) in [4.78, 5) is 0. The van der Waals surface area contributed by atoms with Gasteiger partial charge in [0.25, 0.3) is 0 Å². The summed E-state index contributed by atoms with van der Waals surface area (Å²) in [5.41, 5.74) is 0.468. The van der Waals surface area contributed by atoms with Crippen LogP contribution in [0.25, 0.3) is 0 Å². The molecule has 0 heterocycles. The second-order valence-electron chi connectivity index (χ2n) is 4.72. The maximum absolute atomic E-state index is 2.52. The summed E-state index contributed by atoms with van der Waals surface area (Å²) < 4.78 is 0. The fraction of sp³-hybridized carbons (Fsp3) is 0.909. The van der Waals surface area contributed by atoms with Gasteiger partial charge in [0, 0.05) is 0 Å². The van der Waals surface area contributed by atoms with E-state index in [4.69, 9.17) is 0 Å². The topological polar surface area (TPSA) is 0 Å². The van der Waals surface area contributed by atoms with Crippen LogP contribution in [0.5, 0.6) is 0 Å². The van der Waals surface area contributed by atoms with E-state index in [9.17, 15) is 0 Å². The van der Waals surface area contributed by atoms with E-state index in [-0.39, 0.29) is 0 Å². The first-order valence-corrected chi connectivity index (χ1v) is 4.88. The maximum atomic E-state index is 2.52. The zero-order valence-electron chi connectivity index (χ0n) is 8.35. The van der Waals surface area contributed by atoms with E-state index in [1.54, 1.807) is 0 Å². The number of rotatable bonds is 0. The van der Waals surface area contributed by atoms with Gasteiger partial charge in [-0.05, 0) is 30.1 Å². The lowest BCUT2D eigenvalue weighted by Crippen LogP contribution is -2.25. The number of hydrogen-bond acceptors (Lipinski definition) is 0. The van der Waals surface area contributed by atoms with Gasteiger partial charge in [0.1, 0.15) is 0 Å². The highest BCUT2D eigenvalue weighted by molar-refractivity contribution is 4.93. The average Bonchev–Trinajstić information content (AvgIpc) is 2.03. The Bertz CT molecular complexity index is 124. The second-order valence-corrected chi connectivity index (χ2v) is 4.72. The van der Waals surface area contributed by atoms with Crippen LogP contribution in [0.15, 0.2) is 0 Å². The quantitative estimate of drug-likeness (QED) is 0.466. The third kappa shape index (κ3) is 1.98. The Morgan fingerprint density at radius 2 is 1.91 bits per heavy atom. The summed E-state index contributed by atoms with van der Waals surface area (Å²) >= 11 is 0. The van der Waals surface area contributed by atoms with Crippen molar-refractivity contribution in [2.45, 2.75) is 47.0 Å². The molecule has 0 bridgehead atoms. The van der Waals surface area contributed by atoms with Crippen LogP contribution in [-0.4, -0.2) is 0 Å². The van der Waals surface area contributed by atoms with Crippen molar-refractivity contribution in [2.24, 2.45) is 17.3 Å². The smallest absolute Gasteiger partial charge is 0.0295 e. The van der Waals surface area contributed by atoms with Crippen molar-refractivity contribution < 1.29 is 0 Å². The Balaban J connectivity index is 2.65. The zero-order chi connectivity index (χ0) is 8.48. The summed E-state index contributed by atoms with van der Waals surface area (Å²) in [5.74, 6) is 1.76. The lowest BCUT2D eigenvalue weighted by atomic mass is 9.72. The van der Waals surface area contributed by atoms with Crippen LogP contribution in [-0.2, 0) is 0 Å². The highest BCUT2D eigenvalue weighted by Gasteiger charge is 2.31. The predicted molar refractivity (Wildman–Crippen MR) is 50.3 cm³/mol. The molecule has 65 valence electrons. The van der Waals surface area contributed by atoms with Gasteiger partial charge in [-0.25, -0.2) is 0 Å². The molecule has 0 saturated heterocycles. The first-order chi connectivity index (χ1) is 5.04. The Labute approximate surface area is 71.4 Å². The molecule has 1 fully saturated rings. The molecule has 1 radical (unpaired) electrons. The molecule has 1 rings (SSSR count). The lowest BCUT2D eigenvalue weighted by Gasteiger charge is -2.33. The average molecular weight is 153 g/mol. The van der Waals surface area contributed by atoms with Gasteiger partial charge in [0.05, 0.1) is 0 Å². The first kappa shape index (κ1) is 9.09. The van der Waals surface area contributed by atoms with E-state index in [1.807, 2.05) is 0 Å². The molecule has 1 aliphatic carbocycles. The van der Waals surface area contributed by atoms with Crippen molar-refractivity contribution in [2.75, 3.05) is 0 Å². The molecule has 2 unspecified atom stereocenters. The molecule has 0 aromatic heterocycles. The van der Waals surface area contributed by atoms with E-state index >= 15 is 0 Å². The standard InChI is InChI=1S/C11H21/c1-9-7-5-6-8-11(3,4)10(9)2/h8-10H,5-7H2,1-4H3. The van der Waals surface area contributed by atoms with Crippen LogP contribution in [0.3, 0.4) is 0 Å². The van der Waals surface area contributed by atoms with E-state index in [0.29, 0.717) is 5.41 Å². The molecule has 0 amide bonds. The SMILES string of the molecule is CC1CCC[CH]C(C)(C)C1C. The molecule has 2 atom stereocenters. The molecule has 0 heteroatoms. The molecule has 0 aromatic carbocycles. The van der Waals surface area contributed by atoms with E-state index in [2.05, 4.69) is 34.1 Å². The van der Waals surface area contributed by atoms with Crippen LogP contribution in [0, 0.1) is 23.7 Å². The molecular formula is C11H21. The molecule has 11 heavy (non-hydrogen) atoms. The van der Waals surface area contributed by atoms with Crippen LogP contribution in [0.2, 0.25) is 0 Å². The van der Waals surface area contributed by atoms with Gasteiger partial charge in [-0.15, -0.1) is 0 Å². The van der Waals surface area contributed by atoms with Crippen LogP contribution in [0.4, 0.5) is 0 Å². The molecule has 0 spiro atoms. The van der Waals surface area contributed by atoms with Crippen molar-refractivity contribution in [1.82, 2.24) is 0 Å². The Morgan fingerprint density at radius 3 is 2.55 bits per heavy atom. The highest BCUT2D eigenvalue weighted by Crippen LogP contribution is 2.40. The third-order valence-corrected chi connectivity index (χ3v) is 3.56. The van der Waals surface area contributed by atoms with Crippen LogP contribution < -0.4 is 0 Å². The summed E-state index contributed by atoms with van der Waals surface area (Å²) in [6, 6.07) is 0. The lowest BCUT2D eigenvalue weighted by molar-refractivity contribution is 0.209. The second kappa shape index (κ2) is 3.16. The predicted octanol–water partition coefficient (Wildman–Crippen LogP) is 3.67. The zero-order valence-corrected chi connectivity index (χ0v) is 8.35. The molecule has 1 saturated carbocycles. The van der Waals surface area contributed by atoms with Crippen LogP contribution in [0.1, 0.15) is 47.0 Å². The van der Waals surface area contributed by atoms with Gasteiger partial charge in [0.15, 0.2) is 0 Å². The summed E-state index contributed by atoms with van der Waals surface area (Å²) in [7, 11) is 0. The van der Waals surface area contributed by atoms with Gasteiger partial charge in [-0.2, -0.15) is 0 Å². The minimum atomic E-state index is 0.468. The maximum Gasteiger partial charge on any atom is -0.0295 e. The summed E-state index contributed by atoms with van der Waals surface area (Å²) in [6.45, 7) is 9.54. The molecule has 1 aliphatic rings. The Hall–Kier alpha value is 0. The molecule has 0 aliphatic heterocycles. The van der Waals surface area contributed by atoms with E-state index in [0.717, 1.165) is 11.8 Å². The molecular weight excluding hydrogens is 132 g/mol. The normalized spacial score (nSPS) is 38.2. The minimum absolute atomic E-state index is 0.468. The first-order valence-electron chi connectivity index (χ1n) is 4.88. The summed E-state index contributed by atoms with van der Waals surface area (Å²) in [6.07, 6.45) is 6.65. The van der Waals surface area contributed by atoms with Crippen molar-refractivity contribution in [3.05, 3.63) is 6.42 Å². The van der Waals surface area contributed by atoms with Gasteiger partial charge in [-0.3, -0.25) is 0 Å². The monoisotopic (exact) mass is 153 g/mol. The van der Waals surface area contributed by atoms with Crippen molar-refractivity contribution >= 4 is 0 Å². The van der Waals surface area contributed by atoms with Crippen molar-refractivity contribution in [3.8, 4) is 0 Å². The highest BCUT2D eigenvalue weighted by atomic mass is 14.4.